The van der Waals surface area contributed by atoms with Crippen LogP contribution in [-0.4, -0.2) is 48.2 Å². The van der Waals surface area contributed by atoms with Crippen molar-refractivity contribution >= 4 is 11.6 Å². The van der Waals surface area contributed by atoms with Crippen molar-refractivity contribution in [2.24, 2.45) is 0 Å². The number of hydrogen-bond acceptors (Lipinski definition) is 6. The fourth-order valence-electron chi connectivity index (χ4n) is 3.57. The number of hydrogen-bond donors (Lipinski definition) is 1. The summed E-state index contributed by atoms with van der Waals surface area (Å²) in [5, 5.41) is 2.72. The van der Waals surface area contributed by atoms with Gasteiger partial charge in [-0.05, 0) is 52.0 Å². The zero-order chi connectivity index (χ0) is 18.7. The summed E-state index contributed by atoms with van der Waals surface area (Å²) in [7, 11) is 0. The van der Waals surface area contributed by atoms with E-state index in [1.165, 1.54) is 24.3 Å². The normalized spacial score (nSPS) is 37.0. The van der Waals surface area contributed by atoms with Crippen LogP contribution in [0.25, 0.3) is 0 Å². The predicted octanol–water partition coefficient (Wildman–Crippen LogP) is 2.16. The fraction of sp³-hybridized carbons (Fsp3) is 0.611. The number of anilines is 1. The smallest absolute Gasteiger partial charge is 0.256 e. The van der Waals surface area contributed by atoms with Crippen molar-refractivity contribution in [3.8, 4) is 0 Å². The lowest BCUT2D eigenvalue weighted by Crippen LogP contribution is -2.58. The van der Waals surface area contributed by atoms with Gasteiger partial charge in [-0.3, -0.25) is 4.79 Å². The molecule has 7 nitrogen and oxygen atoms in total. The van der Waals surface area contributed by atoms with Gasteiger partial charge >= 0.3 is 0 Å². The highest BCUT2D eigenvalue weighted by atomic mass is 19.1. The Morgan fingerprint density at radius 1 is 0.923 bits per heavy atom. The van der Waals surface area contributed by atoms with Crippen molar-refractivity contribution in [2.45, 2.75) is 70.0 Å². The first kappa shape index (κ1) is 17.8. The lowest BCUT2D eigenvalue weighted by molar-refractivity contribution is -0.229. The van der Waals surface area contributed by atoms with Crippen LogP contribution < -0.4 is 5.32 Å². The molecule has 3 aliphatic rings. The number of fused-ring (bicyclic) bond motifs is 3. The number of benzene rings is 1. The Bertz CT molecular complexity index is 706. The highest BCUT2D eigenvalue weighted by molar-refractivity contribution is 5.94. The molecule has 0 spiro atoms. The molecule has 0 unspecified atom stereocenters. The molecular weight excluding hydrogens is 345 g/mol. The largest absolute Gasteiger partial charge is 0.342 e. The SMILES string of the molecule is CC1(C)O[C@@H]2[C@@H](O1)[C@@H](C(=O)Nc1ccc(F)cc1)O[C@H]1OC(C)(C)O[C@@H]12. The van der Waals surface area contributed by atoms with Crippen LogP contribution in [0.4, 0.5) is 10.1 Å². The Balaban J connectivity index is 1.57. The number of carbonyl (C=O) groups is 1. The maximum Gasteiger partial charge on any atom is 0.256 e. The quantitative estimate of drug-likeness (QED) is 0.863. The van der Waals surface area contributed by atoms with Gasteiger partial charge in [-0.25, -0.2) is 4.39 Å². The Hall–Kier alpha value is -1.58. The first-order chi connectivity index (χ1) is 12.1. The van der Waals surface area contributed by atoms with Crippen molar-refractivity contribution in [1.29, 1.82) is 0 Å². The van der Waals surface area contributed by atoms with Gasteiger partial charge in [-0.2, -0.15) is 0 Å². The van der Waals surface area contributed by atoms with Crippen LogP contribution in [0.2, 0.25) is 0 Å². The number of halogens is 1. The summed E-state index contributed by atoms with van der Waals surface area (Å²) < 4.78 is 42.5. The van der Waals surface area contributed by atoms with E-state index in [1.807, 2.05) is 0 Å². The van der Waals surface area contributed by atoms with E-state index in [0.717, 1.165) is 0 Å². The Morgan fingerprint density at radius 3 is 2.19 bits per heavy atom. The van der Waals surface area contributed by atoms with Crippen molar-refractivity contribution in [3.05, 3.63) is 30.1 Å². The van der Waals surface area contributed by atoms with E-state index < -0.39 is 48.2 Å². The second-order valence-electron chi connectivity index (χ2n) is 7.59. The summed E-state index contributed by atoms with van der Waals surface area (Å²) >= 11 is 0. The molecule has 5 atom stereocenters. The zero-order valence-electron chi connectivity index (χ0n) is 15.0. The van der Waals surface area contributed by atoms with Gasteiger partial charge in [0.25, 0.3) is 5.91 Å². The standard InChI is InChI=1S/C18H22FNO6/c1-17(2)23-11-12(24-17)14-16(26-18(3,4)25-14)22-13(11)15(21)20-10-7-5-9(19)6-8-10/h5-8,11-14,16H,1-4H3,(H,20,21)/t11-,12-,13+,14-,16+/m1/s1. The van der Waals surface area contributed by atoms with Crippen LogP contribution in [0, 0.1) is 5.82 Å². The average Bonchev–Trinajstić information content (AvgIpc) is 3.02. The molecule has 8 heteroatoms. The molecule has 1 aromatic carbocycles. The van der Waals surface area contributed by atoms with Gasteiger partial charge in [0.2, 0.25) is 0 Å². The number of rotatable bonds is 2. The summed E-state index contributed by atoms with van der Waals surface area (Å²) in [4.78, 5) is 12.8. The lowest BCUT2D eigenvalue weighted by Gasteiger charge is -2.36. The molecular formula is C18H22FNO6. The van der Waals surface area contributed by atoms with E-state index in [-0.39, 0.29) is 5.82 Å². The van der Waals surface area contributed by atoms with Gasteiger partial charge in [0.1, 0.15) is 24.1 Å². The Labute approximate surface area is 150 Å². The second kappa shape index (κ2) is 5.97. The minimum atomic E-state index is -0.953. The summed E-state index contributed by atoms with van der Waals surface area (Å²) in [6.07, 6.45) is -3.34. The van der Waals surface area contributed by atoms with E-state index in [4.69, 9.17) is 23.7 Å². The first-order valence-corrected chi connectivity index (χ1v) is 8.57. The van der Waals surface area contributed by atoms with E-state index >= 15 is 0 Å². The van der Waals surface area contributed by atoms with Gasteiger partial charge in [-0.15, -0.1) is 0 Å². The van der Waals surface area contributed by atoms with Crippen molar-refractivity contribution < 1.29 is 32.9 Å². The van der Waals surface area contributed by atoms with Crippen molar-refractivity contribution in [2.75, 3.05) is 5.32 Å². The Morgan fingerprint density at radius 2 is 1.50 bits per heavy atom. The number of nitrogens with one attached hydrogen (secondary N) is 1. The lowest BCUT2D eigenvalue weighted by atomic mass is 9.98. The van der Waals surface area contributed by atoms with Crippen LogP contribution >= 0.6 is 0 Å². The molecule has 0 radical (unpaired) electrons. The van der Waals surface area contributed by atoms with Crippen LogP contribution in [0.15, 0.2) is 24.3 Å². The molecule has 3 fully saturated rings. The molecule has 0 saturated carbocycles. The molecule has 1 amide bonds. The minimum Gasteiger partial charge on any atom is -0.342 e. The molecule has 3 heterocycles. The molecule has 1 N–H and O–H groups in total. The molecule has 26 heavy (non-hydrogen) atoms. The zero-order valence-corrected chi connectivity index (χ0v) is 15.0. The third-order valence-electron chi connectivity index (χ3n) is 4.52. The fourth-order valence-corrected chi connectivity index (χ4v) is 3.57. The first-order valence-electron chi connectivity index (χ1n) is 8.57. The number of ether oxygens (including phenoxy) is 5. The van der Waals surface area contributed by atoms with Crippen molar-refractivity contribution in [3.63, 3.8) is 0 Å². The summed E-state index contributed by atoms with van der Waals surface area (Å²) in [6, 6.07) is 5.49. The molecule has 4 rings (SSSR count). The summed E-state index contributed by atoms with van der Waals surface area (Å²) in [6.45, 7) is 7.10. The van der Waals surface area contributed by atoms with Gasteiger partial charge in [0, 0.05) is 5.69 Å². The van der Waals surface area contributed by atoms with Crippen LogP contribution in [0.1, 0.15) is 27.7 Å². The molecule has 0 aromatic heterocycles. The third-order valence-corrected chi connectivity index (χ3v) is 4.52. The van der Waals surface area contributed by atoms with E-state index in [1.54, 1.807) is 27.7 Å². The molecule has 0 aliphatic carbocycles. The van der Waals surface area contributed by atoms with E-state index in [9.17, 15) is 9.18 Å². The number of amides is 1. The van der Waals surface area contributed by atoms with E-state index in [2.05, 4.69) is 5.32 Å². The van der Waals surface area contributed by atoms with E-state index in [0.29, 0.717) is 5.69 Å². The van der Waals surface area contributed by atoms with Gasteiger partial charge in [0.15, 0.2) is 24.0 Å². The highest BCUT2D eigenvalue weighted by Gasteiger charge is 2.62. The molecule has 142 valence electrons. The second-order valence-corrected chi connectivity index (χ2v) is 7.59. The maximum absolute atomic E-state index is 13.1. The highest BCUT2D eigenvalue weighted by Crippen LogP contribution is 2.44. The monoisotopic (exact) mass is 367 g/mol. The van der Waals surface area contributed by atoms with Crippen LogP contribution in [0.5, 0.6) is 0 Å². The van der Waals surface area contributed by atoms with Gasteiger partial charge in [-0.1, -0.05) is 0 Å². The maximum atomic E-state index is 13.1. The Kier molecular flexibility index (Phi) is 4.09. The van der Waals surface area contributed by atoms with Crippen LogP contribution in [0.3, 0.4) is 0 Å². The minimum absolute atomic E-state index is 0.382. The van der Waals surface area contributed by atoms with Gasteiger partial charge < -0.3 is 29.0 Å². The molecule has 3 saturated heterocycles. The molecule has 0 bridgehead atoms. The predicted molar refractivity (Wildman–Crippen MR) is 87.6 cm³/mol. The molecule has 1 aromatic rings. The van der Waals surface area contributed by atoms with Crippen LogP contribution in [-0.2, 0) is 28.5 Å². The average molecular weight is 367 g/mol. The molecule has 3 aliphatic heterocycles. The topological polar surface area (TPSA) is 75.3 Å². The summed E-state index contributed by atoms with van der Waals surface area (Å²) in [5.74, 6) is -2.52. The van der Waals surface area contributed by atoms with Gasteiger partial charge in [0.05, 0.1) is 0 Å². The van der Waals surface area contributed by atoms with Crippen molar-refractivity contribution in [1.82, 2.24) is 0 Å². The number of carbonyl (C=O) groups excluding carboxylic acids is 1. The summed E-state index contributed by atoms with van der Waals surface area (Å²) in [5.41, 5.74) is 0.459. The third kappa shape index (κ3) is 3.23.